The Morgan fingerprint density at radius 1 is 1.12 bits per heavy atom. The van der Waals surface area contributed by atoms with Gasteiger partial charge in [0, 0.05) is 10.7 Å². The predicted octanol–water partition coefficient (Wildman–Crippen LogP) is 4.65. The molecule has 4 rings (SSSR count). The van der Waals surface area contributed by atoms with Gasteiger partial charge in [-0.2, -0.15) is 0 Å². The van der Waals surface area contributed by atoms with Crippen molar-refractivity contribution in [3.05, 3.63) is 59.4 Å². The zero-order valence-electron chi connectivity index (χ0n) is 18.0. The van der Waals surface area contributed by atoms with E-state index in [9.17, 15) is 4.79 Å². The Hall–Kier alpha value is -2.55. The predicted molar refractivity (Wildman–Crippen MR) is 128 cm³/mol. The number of hydrogen-bond donors (Lipinski definition) is 1. The first-order valence-corrected chi connectivity index (χ1v) is 12.0. The van der Waals surface area contributed by atoms with Gasteiger partial charge in [0.05, 0.1) is 25.1 Å². The van der Waals surface area contributed by atoms with Crippen molar-refractivity contribution in [2.45, 2.75) is 31.0 Å². The van der Waals surface area contributed by atoms with Crippen LogP contribution in [0.15, 0.2) is 53.7 Å². The quantitative estimate of drug-likeness (QED) is 0.482. The Morgan fingerprint density at radius 3 is 2.66 bits per heavy atom. The lowest BCUT2D eigenvalue weighted by molar-refractivity contribution is -0.113. The summed E-state index contributed by atoms with van der Waals surface area (Å²) in [7, 11) is 1.56. The topological polar surface area (TPSA) is 72.3 Å². The van der Waals surface area contributed by atoms with E-state index in [1.54, 1.807) is 25.3 Å². The van der Waals surface area contributed by atoms with Crippen LogP contribution in [0.5, 0.6) is 5.75 Å². The summed E-state index contributed by atoms with van der Waals surface area (Å²) >= 11 is 7.42. The van der Waals surface area contributed by atoms with Crippen LogP contribution in [0.25, 0.3) is 5.69 Å². The van der Waals surface area contributed by atoms with Crippen molar-refractivity contribution in [3.63, 3.8) is 0 Å². The normalized spacial score (nSPS) is 14.3. The van der Waals surface area contributed by atoms with E-state index >= 15 is 0 Å². The molecule has 0 unspecified atom stereocenters. The fourth-order valence-electron chi connectivity index (χ4n) is 3.74. The van der Waals surface area contributed by atoms with Crippen molar-refractivity contribution < 1.29 is 9.53 Å². The molecule has 1 amide bonds. The summed E-state index contributed by atoms with van der Waals surface area (Å²) < 4.78 is 7.35. The van der Waals surface area contributed by atoms with Crippen LogP contribution in [-0.2, 0) is 11.3 Å². The Bertz CT molecular complexity index is 1050. The molecule has 1 aromatic heterocycles. The van der Waals surface area contributed by atoms with E-state index in [0.29, 0.717) is 21.6 Å². The molecule has 1 aliphatic heterocycles. The third-order valence-electron chi connectivity index (χ3n) is 5.30. The molecule has 0 aliphatic carbocycles. The summed E-state index contributed by atoms with van der Waals surface area (Å²) in [6.07, 6.45) is 3.72. The molecular weight excluding hydrogens is 446 g/mol. The van der Waals surface area contributed by atoms with Crippen LogP contribution in [0, 0.1) is 0 Å². The smallest absolute Gasteiger partial charge is 0.234 e. The number of amides is 1. The Kier molecular flexibility index (Phi) is 7.68. The van der Waals surface area contributed by atoms with E-state index in [0.717, 1.165) is 31.1 Å². The molecule has 3 aromatic rings. The van der Waals surface area contributed by atoms with Crippen molar-refractivity contribution in [2.24, 2.45) is 0 Å². The second-order valence-corrected chi connectivity index (χ2v) is 8.97. The average Bonchev–Trinajstić information content (AvgIpc) is 3.21. The summed E-state index contributed by atoms with van der Waals surface area (Å²) in [6, 6.07) is 15.1. The zero-order valence-corrected chi connectivity index (χ0v) is 19.5. The summed E-state index contributed by atoms with van der Waals surface area (Å²) in [5.41, 5.74) is 1.53. The molecular formula is C23H26ClN5O2S. The van der Waals surface area contributed by atoms with Gasteiger partial charge in [-0.05, 0) is 56.3 Å². The largest absolute Gasteiger partial charge is 0.495 e. The second-order valence-electron chi connectivity index (χ2n) is 7.59. The van der Waals surface area contributed by atoms with Gasteiger partial charge in [0.15, 0.2) is 11.0 Å². The lowest BCUT2D eigenvalue weighted by Gasteiger charge is -2.26. The zero-order chi connectivity index (χ0) is 22.3. The van der Waals surface area contributed by atoms with Crippen molar-refractivity contribution in [2.75, 3.05) is 31.3 Å². The summed E-state index contributed by atoms with van der Waals surface area (Å²) in [4.78, 5) is 15.1. The number of piperidine rings is 1. The number of benzene rings is 2. The van der Waals surface area contributed by atoms with E-state index in [1.165, 1.54) is 31.0 Å². The SMILES string of the molecule is COc1ccc(Cl)cc1NC(=O)CSc1nnc(CN2CCCCC2)n1-c1ccccc1. The molecule has 2 aromatic carbocycles. The summed E-state index contributed by atoms with van der Waals surface area (Å²) in [6.45, 7) is 2.90. The van der Waals surface area contributed by atoms with Gasteiger partial charge in [0.25, 0.3) is 0 Å². The van der Waals surface area contributed by atoms with Crippen LogP contribution in [0.3, 0.4) is 0 Å². The van der Waals surface area contributed by atoms with Gasteiger partial charge in [0.2, 0.25) is 5.91 Å². The number of methoxy groups -OCH3 is 1. The monoisotopic (exact) mass is 471 g/mol. The maximum absolute atomic E-state index is 12.6. The maximum atomic E-state index is 12.6. The van der Waals surface area contributed by atoms with Gasteiger partial charge in [-0.15, -0.1) is 10.2 Å². The molecule has 0 atom stereocenters. The minimum Gasteiger partial charge on any atom is -0.495 e. The number of halogens is 1. The highest BCUT2D eigenvalue weighted by Crippen LogP contribution is 2.28. The second kappa shape index (κ2) is 10.8. The molecule has 2 heterocycles. The van der Waals surface area contributed by atoms with Crippen LogP contribution < -0.4 is 10.1 Å². The van der Waals surface area contributed by atoms with E-state index in [4.69, 9.17) is 16.3 Å². The summed E-state index contributed by atoms with van der Waals surface area (Å²) in [5.74, 6) is 1.46. The molecule has 0 spiro atoms. The number of para-hydroxylation sites is 1. The highest BCUT2D eigenvalue weighted by Gasteiger charge is 2.19. The third kappa shape index (κ3) is 5.62. The van der Waals surface area contributed by atoms with Gasteiger partial charge < -0.3 is 10.1 Å². The molecule has 1 fully saturated rings. The number of nitrogens with one attached hydrogen (secondary N) is 1. The van der Waals surface area contributed by atoms with Crippen LogP contribution in [-0.4, -0.2) is 51.5 Å². The van der Waals surface area contributed by atoms with Crippen molar-refractivity contribution in [3.8, 4) is 11.4 Å². The first-order valence-electron chi connectivity index (χ1n) is 10.6. The first kappa shape index (κ1) is 22.6. The number of likely N-dealkylation sites (tertiary alicyclic amines) is 1. The first-order chi connectivity index (χ1) is 15.6. The molecule has 7 nitrogen and oxygen atoms in total. The number of ether oxygens (including phenoxy) is 1. The van der Waals surface area contributed by atoms with Crippen molar-refractivity contribution in [1.29, 1.82) is 0 Å². The Labute approximate surface area is 197 Å². The highest BCUT2D eigenvalue weighted by molar-refractivity contribution is 7.99. The van der Waals surface area contributed by atoms with E-state index < -0.39 is 0 Å². The van der Waals surface area contributed by atoms with Gasteiger partial charge in [-0.25, -0.2) is 0 Å². The number of carbonyl (C=O) groups excluding carboxylic acids is 1. The van der Waals surface area contributed by atoms with Crippen LogP contribution >= 0.6 is 23.4 Å². The molecule has 1 N–H and O–H groups in total. The minimum absolute atomic E-state index is 0.171. The van der Waals surface area contributed by atoms with E-state index in [1.807, 2.05) is 34.9 Å². The van der Waals surface area contributed by atoms with Gasteiger partial charge in [0.1, 0.15) is 5.75 Å². The standard InChI is InChI=1S/C23H26ClN5O2S/c1-31-20-11-10-17(24)14-19(20)25-22(30)16-32-23-27-26-21(15-28-12-6-3-7-13-28)29(23)18-8-4-2-5-9-18/h2,4-5,8-11,14H,3,6-7,12-13,15-16H2,1H3,(H,25,30). The number of hydrogen-bond acceptors (Lipinski definition) is 6. The number of rotatable bonds is 8. The molecule has 9 heteroatoms. The van der Waals surface area contributed by atoms with Gasteiger partial charge in [-0.3, -0.25) is 14.3 Å². The molecule has 32 heavy (non-hydrogen) atoms. The van der Waals surface area contributed by atoms with Gasteiger partial charge >= 0.3 is 0 Å². The fourth-order valence-corrected chi connectivity index (χ4v) is 4.69. The molecule has 0 radical (unpaired) electrons. The van der Waals surface area contributed by atoms with E-state index in [2.05, 4.69) is 20.4 Å². The van der Waals surface area contributed by atoms with Crippen molar-refractivity contribution in [1.82, 2.24) is 19.7 Å². The number of nitrogens with zero attached hydrogens (tertiary/aromatic N) is 4. The van der Waals surface area contributed by atoms with Crippen LogP contribution in [0.4, 0.5) is 5.69 Å². The number of aromatic nitrogens is 3. The lowest BCUT2D eigenvalue weighted by atomic mass is 10.1. The van der Waals surface area contributed by atoms with Gasteiger partial charge in [-0.1, -0.05) is 48.0 Å². The minimum atomic E-state index is -0.171. The number of carbonyl (C=O) groups is 1. The molecule has 0 saturated carbocycles. The molecule has 1 aliphatic rings. The Balaban J connectivity index is 1.49. The van der Waals surface area contributed by atoms with Crippen molar-refractivity contribution >= 4 is 35.0 Å². The van der Waals surface area contributed by atoms with E-state index in [-0.39, 0.29) is 11.7 Å². The molecule has 0 bridgehead atoms. The fraction of sp³-hybridized carbons (Fsp3) is 0.348. The average molecular weight is 472 g/mol. The lowest BCUT2D eigenvalue weighted by Crippen LogP contribution is -2.30. The third-order valence-corrected chi connectivity index (χ3v) is 6.46. The number of thioether (sulfide) groups is 1. The summed E-state index contributed by atoms with van der Waals surface area (Å²) in [5, 5.41) is 13.0. The molecule has 168 valence electrons. The van der Waals surface area contributed by atoms with Crippen LogP contribution in [0.2, 0.25) is 5.02 Å². The Morgan fingerprint density at radius 2 is 1.91 bits per heavy atom. The molecule has 1 saturated heterocycles. The number of anilines is 1. The highest BCUT2D eigenvalue weighted by atomic mass is 35.5. The van der Waals surface area contributed by atoms with Crippen LogP contribution in [0.1, 0.15) is 25.1 Å². The maximum Gasteiger partial charge on any atom is 0.234 e.